The Balaban J connectivity index is 1.37. The van der Waals surface area contributed by atoms with Crippen LogP contribution in [0.2, 0.25) is 0 Å². The van der Waals surface area contributed by atoms with Gasteiger partial charge in [0.1, 0.15) is 11.6 Å². The average molecular weight is 407 g/mol. The molecule has 0 N–H and O–H groups in total. The first-order valence-corrected chi connectivity index (χ1v) is 10.2. The zero-order valence-electron chi connectivity index (χ0n) is 14.8. The van der Waals surface area contributed by atoms with Gasteiger partial charge < -0.3 is 14.2 Å². The molecule has 0 bridgehead atoms. The Morgan fingerprint density at radius 1 is 1.04 bits per heavy atom. The first-order chi connectivity index (χ1) is 13.4. The normalized spacial score (nSPS) is 17.5. The molecule has 4 rings (SSSR count). The van der Waals surface area contributed by atoms with Gasteiger partial charge in [0.15, 0.2) is 11.5 Å². The third-order valence-electron chi connectivity index (χ3n) is 4.80. The summed E-state index contributed by atoms with van der Waals surface area (Å²) < 4.78 is 55.5. The van der Waals surface area contributed by atoms with Crippen molar-refractivity contribution in [2.24, 2.45) is 5.92 Å². The molecule has 0 unspecified atom stereocenters. The van der Waals surface area contributed by atoms with Gasteiger partial charge in [0, 0.05) is 19.2 Å². The van der Waals surface area contributed by atoms with Gasteiger partial charge in [-0.3, -0.25) is 4.79 Å². The summed E-state index contributed by atoms with van der Waals surface area (Å²) >= 11 is 0. The zero-order valence-corrected chi connectivity index (χ0v) is 15.7. The number of benzene rings is 2. The van der Waals surface area contributed by atoms with Gasteiger partial charge in [0.2, 0.25) is 16.8 Å². The standard InChI is InChI=1S/C19H18FNO6S/c20-14-1-4-16(5-2-14)28(23,24)21-9-7-13(8-10-21)19(22)27-15-3-6-17-18(11-15)26-12-25-17/h1-6,11,13H,7-10,12H2. The predicted molar refractivity (Wildman–Crippen MR) is 96.1 cm³/mol. The molecule has 0 amide bonds. The number of fused-ring (bicyclic) bond motifs is 1. The van der Waals surface area contributed by atoms with E-state index < -0.39 is 27.7 Å². The number of rotatable bonds is 4. The van der Waals surface area contributed by atoms with Crippen LogP contribution in [0.4, 0.5) is 4.39 Å². The highest BCUT2D eigenvalue weighted by atomic mass is 32.2. The van der Waals surface area contributed by atoms with Crippen molar-refractivity contribution in [2.45, 2.75) is 17.7 Å². The van der Waals surface area contributed by atoms with Gasteiger partial charge in [-0.2, -0.15) is 4.31 Å². The molecular formula is C19H18FNO6S. The van der Waals surface area contributed by atoms with E-state index >= 15 is 0 Å². The number of halogens is 1. The fourth-order valence-electron chi connectivity index (χ4n) is 3.23. The highest BCUT2D eigenvalue weighted by Gasteiger charge is 2.33. The highest BCUT2D eigenvalue weighted by Crippen LogP contribution is 2.35. The molecule has 2 heterocycles. The number of hydrogen-bond acceptors (Lipinski definition) is 6. The van der Waals surface area contributed by atoms with Crippen LogP contribution in [0.3, 0.4) is 0 Å². The molecule has 9 heteroatoms. The first-order valence-electron chi connectivity index (χ1n) is 8.80. The maximum atomic E-state index is 13.0. The third kappa shape index (κ3) is 3.67. The zero-order chi connectivity index (χ0) is 19.7. The monoisotopic (exact) mass is 407 g/mol. The van der Waals surface area contributed by atoms with Crippen molar-refractivity contribution in [3.8, 4) is 17.2 Å². The van der Waals surface area contributed by atoms with E-state index in [-0.39, 0.29) is 24.8 Å². The molecule has 2 aliphatic rings. The summed E-state index contributed by atoms with van der Waals surface area (Å²) in [6.07, 6.45) is 0.702. The summed E-state index contributed by atoms with van der Waals surface area (Å²) in [5.74, 6) is 0.173. The molecule has 2 aromatic carbocycles. The SMILES string of the molecule is O=C(Oc1ccc2c(c1)OCO2)C1CCN(S(=O)(=O)c2ccc(F)cc2)CC1. The summed E-state index contributed by atoms with van der Waals surface area (Å²) in [6.45, 7) is 0.523. The molecule has 2 aliphatic heterocycles. The summed E-state index contributed by atoms with van der Waals surface area (Å²) in [6, 6.07) is 9.59. The molecule has 28 heavy (non-hydrogen) atoms. The second kappa shape index (κ2) is 7.40. The van der Waals surface area contributed by atoms with Crippen molar-refractivity contribution in [1.29, 1.82) is 0 Å². The molecule has 0 radical (unpaired) electrons. The van der Waals surface area contributed by atoms with E-state index in [1.54, 1.807) is 18.2 Å². The Bertz CT molecular complexity index is 984. The summed E-state index contributed by atoms with van der Waals surface area (Å²) in [4.78, 5) is 12.5. The van der Waals surface area contributed by atoms with Crippen molar-refractivity contribution in [3.05, 3.63) is 48.3 Å². The minimum Gasteiger partial charge on any atom is -0.454 e. The van der Waals surface area contributed by atoms with E-state index in [1.165, 1.54) is 16.4 Å². The van der Waals surface area contributed by atoms with Crippen LogP contribution >= 0.6 is 0 Å². The number of esters is 1. The van der Waals surface area contributed by atoms with Crippen molar-refractivity contribution in [2.75, 3.05) is 19.9 Å². The maximum absolute atomic E-state index is 13.0. The summed E-state index contributed by atoms with van der Waals surface area (Å²) in [5.41, 5.74) is 0. The Kier molecular flexibility index (Phi) is 4.94. The number of hydrogen-bond donors (Lipinski definition) is 0. The molecule has 0 aliphatic carbocycles. The van der Waals surface area contributed by atoms with Gasteiger partial charge in [-0.25, -0.2) is 12.8 Å². The van der Waals surface area contributed by atoms with Crippen LogP contribution in [0, 0.1) is 11.7 Å². The minimum atomic E-state index is -3.71. The van der Waals surface area contributed by atoms with Crippen LogP contribution in [0.25, 0.3) is 0 Å². The van der Waals surface area contributed by atoms with E-state index in [0.29, 0.717) is 30.1 Å². The second-order valence-electron chi connectivity index (χ2n) is 6.57. The Morgan fingerprint density at radius 3 is 2.43 bits per heavy atom. The van der Waals surface area contributed by atoms with Crippen LogP contribution in [-0.4, -0.2) is 38.6 Å². The van der Waals surface area contributed by atoms with E-state index in [0.717, 1.165) is 12.1 Å². The Hall–Kier alpha value is -2.65. The number of carbonyl (C=O) groups is 1. The van der Waals surface area contributed by atoms with Crippen molar-refractivity contribution in [1.82, 2.24) is 4.31 Å². The van der Waals surface area contributed by atoms with Gasteiger partial charge in [0.25, 0.3) is 0 Å². The topological polar surface area (TPSA) is 82.1 Å². The first kappa shape index (κ1) is 18.7. The second-order valence-corrected chi connectivity index (χ2v) is 8.51. The number of carbonyl (C=O) groups excluding carboxylic acids is 1. The molecule has 0 spiro atoms. The fraction of sp³-hybridized carbons (Fsp3) is 0.316. The van der Waals surface area contributed by atoms with Gasteiger partial charge >= 0.3 is 5.97 Å². The van der Waals surface area contributed by atoms with Gasteiger partial charge in [-0.05, 0) is 49.2 Å². The van der Waals surface area contributed by atoms with Crippen LogP contribution in [-0.2, 0) is 14.8 Å². The molecule has 0 aromatic heterocycles. The van der Waals surface area contributed by atoms with Gasteiger partial charge in [0.05, 0.1) is 10.8 Å². The van der Waals surface area contributed by atoms with E-state index in [2.05, 4.69) is 0 Å². The molecule has 0 saturated carbocycles. The van der Waals surface area contributed by atoms with Gasteiger partial charge in [-0.1, -0.05) is 0 Å². The number of piperidine rings is 1. The Labute approximate surface area is 161 Å². The molecular weight excluding hydrogens is 389 g/mol. The molecule has 2 aromatic rings. The highest BCUT2D eigenvalue weighted by molar-refractivity contribution is 7.89. The van der Waals surface area contributed by atoms with E-state index in [1.807, 2.05) is 0 Å². The maximum Gasteiger partial charge on any atom is 0.314 e. The van der Waals surface area contributed by atoms with Crippen LogP contribution in [0.5, 0.6) is 17.2 Å². The number of sulfonamides is 1. The minimum absolute atomic E-state index is 0.0373. The Morgan fingerprint density at radius 2 is 1.71 bits per heavy atom. The quantitative estimate of drug-likeness (QED) is 0.572. The van der Waals surface area contributed by atoms with Crippen molar-refractivity contribution in [3.63, 3.8) is 0 Å². The molecule has 0 atom stereocenters. The van der Waals surface area contributed by atoms with Crippen molar-refractivity contribution >= 4 is 16.0 Å². The third-order valence-corrected chi connectivity index (χ3v) is 6.71. The lowest BCUT2D eigenvalue weighted by Crippen LogP contribution is -2.41. The predicted octanol–water partition coefficient (Wildman–Crippen LogP) is 2.56. The number of nitrogens with zero attached hydrogens (tertiary/aromatic N) is 1. The average Bonchev–Trinajstić information content (AvgIpc) is 3.16. The largest absolute Gasteiger partial charge is 0.454 e. The van der Waals surface area contributed by atoms with Crippen LogP contribution in [0.15, 0.2) is 47.4 Å². The van der Waals surface area contributed by atoms with Crippen LogP contribution in [0.1, 0.15) is 12.8 Å². The molecule has 1 fully saturated rings. The molecule has 7 nitrogen and oxygen atoms in total. The van der Waals surface area contributed by atoms with Gasteiger partial charge in [-0.15, -0.1) is 0 Å². The lowest BCUT2D eigenvalue weighted by molar-refractivity contribution is -0.140. The smallest absolute Gasteiger partial charge is 0.314 e. The van der Waals surface area contributed by atoms with E-state index in [9.17, 15) is 17.6 Å². The molecule has 148 valence electrons. The van der Waals surface area contributed by atoms with Crippen molar-refractivity contribution < 1.29 is 31.8 Å². The van der Waals surface area contributed by atoms with E-state index in [4.69, 9.17) is 14.2 Å². The molecule has 1 saturated heterocycles. The summed E-state index contributed by atoms with van der Waals surface area (Å²) in [5, 5.41) is 0. The summed E-state index contributed by atoms with van der Waals surface area (Å²) in [7, 11) is -3.71. The lowest BCUT2D eigenvalue weighted by Gasteiger charge is -2.30. The van der Waals surface area contributed by atoms with Crippen LogP contribution < -0.4 is 14.2 Å². The fourth-order valence-corrected chi connectivity index (χ4v) is 4.70. The lowest BCUT2D eigenvalue weighted by atomic mass is 9.98. The number of ether oxygens (including phenoxy) is 3.